The first kappa shape index (κ1) is 12.3. The van der Waals surface area contributed by atoms with Gasteiger partial charge in [-0.1, -0.05) is 34.1 Å². The highest BCUT2D eigenvalue weighted by molar-refractivity contribution is 9.09. The van der Waals surface area contributed by atoms with Crippen molar-refractivity contribution < 1.29 is 13.6 Å². The van der Waals surface area contributed by atoms with Crippen LogP contribution in [0, 0.1) is 6.92 Å². The summed E-state index contributed by atoms with van der Waals surface area (Å²) in [7, 11) is 0. The van der Waals surface area contributed by atoms with E-state index in [9.17, 15) is 13.6 Å². The average Bonchev–Trinajstić information content (AvgIpc) is 2.20. The summed E-state index contributed by atoms with van der Waals surface area (Å²) >= 11 is 3.02. The molecule has 0 N–H and O–H groups in total. The fourth-order valence-electron chi connectivity index (χ4n) is 1.42. The molecular weight excluding hydrogens is 266 g/mol. The molecule has 0 fully saturated rings. The van der Waals surface area contributed by atoms with Gasteiger partial charge in [0, 0.05) is 12.0 Å². The zero-order chi connectivity index (χ0) is 11.4. The van der Waals surface area contributed by atoms with Gasteiger partial charge in [0.2, 0.25) is 0 Å². The van der Waals surface area contributed by atoms with Crippen molar-refractivity contribution >= 4 is 21.7 Å². The Morgan fingerprint density at radius 3 is 2.67 bits per heavy atom. The second-order valence-electron chi connectivity index (χ2n) is 3.29. The molecule has 0 aliphatic heterocycles. The molecule has 0 spiro atoms. The Morgan fingerprint density at radius 1 is 1.47 bits per heavy atom. The molecule has 1 aromatic rings. The third-order valence-electron chi connectivity index (χ3n) is 2.20. The Kier molecular flexibility index (Phi) is 4.39. The summed E-state index contributed by atoms with van der Waals surface area (Å²) < 4.78 is 25.3. The van der Waals surface area contributed by atoms with Gasteiger partial charge < -0.3 is 0 Å². The predicted molar refractivity (Wildman–Crippen MR) is 58.6 cm³/mol. The van der Waals surface area contributed by atoms with E-state index in [1.165, 1.54) is 6.07 Å². The van der Waals surface area contributed by atoms with Crippen LogP contribution in [0.1, 0.15) is 23.1 Å². The maximum Gasteiger partial charge on any atom is 0.264 e. The highest BCUT2D eigenvalue weighted by Crippen LogP contribution is 2.25. The van der Waals surface area contributed by atoms with Crippen LogP contribution in [-0.2, 0) is 11.2 Å². The van der Waals surface area contributed by atoms with Gasteiger partial charge in [-0.2, -0.15) is 0 Å². The fourth-order valence-corrected chi connectivity index (χ4v) is 1.61. The number of Topliss-reactive ketones (excluding diaryl/α,β-unsaturated/α-hetero) is 1. The Morgan fingerprint density at radius 2 is 2.13 bits per heavy atom. The standard InChI is InChI=1S/C11H11BrF2O/c1-7-3-2-4-9(11(13)14)10(7)5-8(15)6-12/h2-4,11H,5-6H2,1H3. The zero-order valence-electron chi connectivity index (χ0n) is 8.27. The van der Waals surface area contributed by atoms with Crippen LogP contribution in [-0.4, -0.2) is 11.1 Å². The summed E-state index contributed by atoms with van der Waals surface area (Å²) in [6, 6.07) is 4.69. The second kappa shape index (κ2) is 5.35. The van der Waals surface area contributed by atoms with Crippen molar-refractivity contribution in [2.75, 3.05) is 5.33 Å². The molecule has 0 aliphatic rings. The predicted octanol–water partition coefficient (Wildman–Crippen LogP) is 3.44. The van der Waals surface area contributed by atoms with Crippen LogP contribution in [0.15, 0.2) is 18.2 Å². The van der Waals surface area contributed by atoms with Crippen LogP contribution in [0.25, 0.3) is 0 Å². The largest absolute Gasteiger partial charge is 0.298 e. The zero-order valence-corrected chi connectivity index (χ0v) is 9.85. The Balaban J connectivity index is 3.07. The number of aryl methyl sites for hydroxylation is 1. The Hall–Kier alpha value is -0.770. The summed E-state index contributed by atoms with van der Waals surface area (Å²) in [5.74, 6) is -0.0915. The van der Waals surface area contributed by atoms with Gasteiger partial charge in [0.15, 0.2) is 0 Å². The minimum Gasteiger partial charge on any atom is -0.298 e. The number of alkyl halides is 3. The van der Waals surface area contributed by atoms with E-state index < -0.39 is 6.43 Å². The molecule has 4 heteroatoms. The van der Waals surface area contributed by atoms with Gasteiger partial charge in [-0.15, -0.1) is 0 Å². The van der Waals surface area contributed by atoms with Gasteiger partial charge in [0.25, 0.3) is 6.43 Å². The molecule has 0 saturated heterocycles. The summed E-state index contributed by atoms with van der Waals surface area (Å²) in [6.07, 6.45) is -2.46. The monoisotopic (exact) mass is 276 g/mol. The number of ketones is 1. The average molecular weight is 277 g/mol. The molecule has 0 atom stereocenters. The molecule has 0 amide bonds. The summed E-state index contributed by atoms with van der Waals surface area (Å²) in [5, 5.41) is 0.198. The maximum atomic E-state index is 12.6. The van der Waals surface area contributed by atoms with Crippen molar-refractivity contribution in [1.82, 2.24) is 0 Å². The van der Waals surface area contributed by atoms with Gasteiger partial charge in [-0.05, 0) is 18.1 Å². The summed E-state index contributed by atoms with van der Waals surface area (Å²) in [4.78, 5) is 11.2. The number of benzene rings is 1. The van der Waals surface area contributed by atoms with Crippen LogP contribution < -0.4 is 0 Å². The van der Waals surface area contributed by atoms with Gasteiger partial charge >= 0.3 is 0 Å². The van der Waals surface area contributed by atoms with Crippen molar-refractivity contribution in [2.24, 2.45) is 0 Å². The summed E-state index contributed by atoms with van der Waals surface area (Å²) in [6.45, 7) is 1.74. The van der Waals surface area contributed by atoms with Crippen molar-refractivity contribution in [2.45, 2.75) is 19.8 Å². The minimum atomic E-state index is -2.52. The van der Waals surface area contributed by atoms with E-state index in [4.69, 9.17) is 0 Å². The molecule has 0 unspecified atom stereocenters. The van der Waals surface area contributed by atoms with Gasteiger partial charge in [0.05, 0.1) is 5.33 Å². The molecule has 1 nitrogen and oxygen atoms in total. The van der Waals surface area contributed by atoms with Crippen LogP contribution >= 0.6 is 15.9 Å². The number of halogens is 3. The van der Waals surface area contributed by atoms with E-state index in [-0.39, 0.29) is 23.1 Å². The molecule has 0 heterocycles. The second-order valence-corrected chi connectivity index (χ2v) is 3.85. The number of hydrogen-bond acceptors (Lipinski definition) is 1. The normalized spacial score (nSPS) is 10.7. The topological polar surface area (TPSA) is 17.1 Å². The van der Waals surface area contributed by atoms with Crippen LogP contribution in [0.3, 0.4) is 0 Å². The first-order valence-electron chi connectivity index (χ1n) is 4.50. The molecule has 0 radical (unpaired) electrons. The van der Waals surface area contributed by atoms with E-state index >= 15 is 0 Å². The lowest BCUT2D eigenvalue weighted by molar-refractivity contribution is -0.115. The van der Waals surface area contributed by atoms with Crippen molar-refractivity contribution in [1.29, 1.82) is 0 Å². The molecule has 0 aromatic heterocycles. The Labute approximate surface area is 95.6 Å². The van der Waals surface area contributed by atoms with Crippen LogP contribution in [0.4, 0.5) is 8.78 Å². The Bertz CT molecular complexity index is 364. The first-order chi connectivity index (χ1) is 7.06. The van der Waals surface area contributed by atoms with Gasteiger partial charge in [-0.25, -0.2) is 8.78 Å². The van der Waals surface area contributed by atoms with Crippen molar-refractivity contribution in [3.63, 3.8) is 0 Å². The van der Waals surface area contributed by atoms with Gasteiger partial charge in [-0.3, -0.25) is 4.79 Å². The molecule has 0 bridgehead atoms. The molecule has 1 rings (SSSR count). The van der Waals surface area contributed by atoms with E-state index in [0.29, 0.717) is 5.56 Å². The SMILES string of the molecule is Cc1cccc(C(F)F)c1CC(=O)CBr. The summed E-state index contributed by atoms with van der Waals surface area (Å²) in [5.41, 5.74) is 1.16. The lowest BCUT2D eigenvalue weighted by Crippen LogP contribution is -2.08. The first-order valence-corrected chi connectivity index (χ1v) is 5.62. The van der Waals surface area contributed by atoms with Crippen molar-refractivity contribution in [3.8, 4) is 0 Å². The quantitative estimate of drug-likeness (QED) is 0.770. The lowest BCUT2D eigenvalue weighted by Gasteiger charge is -2.10. The van der Waals surface area contributed by atoms with Crippen molar-refractivity contribution in [3.05, 3.63) is 34.9 Å². The van der Waals surface area contributed by atoms with E-state index in [1.807, 2.05) is 0 Å². The highest BCUT2D eigenvalue weighted by atomic mass is 79.9. The molecule has 0 saturated carbocycles. The number of carbonyl (C=O) groups excluding carboxylic acids is 1. The van der Waals surface area contributed by atoms with Crippen LogP contribution in [0.2, 0.25) is 0 Å². The molecular formula is C11H11BrF2O. The van der Waals surface area contributed by atoms with E-state index in [2.05, 4.69) is 15.9 Å². The fraction of sp³-hybridized carbons (Fsp3) is 0.364. The molecule has 15 heavy (non-hydrogen) atoms. The van der Waals surface area contributed by atoms with E-state index in [1.54, 1.807) is 19.1 Å². The molecule has 0 aliphatic carbocycles. The lowest BCUT2D eigenvalue weighted by atomic mass is 9.98. The van der Waals surface area contributed by atoms with Crippen LogP contribution in [0.5, 0.6) is 0 Å². The van der Waals surface area contributed by atoms with E-state index in [0.717, 1.165) is 5.56 Å². The number of hydrogen-bond donors (Lipinski definition) is 0. The maximum absolute atomic E-state index is 12.6. The molecule has 1 aromatic carbocycles. The molecule has 82 valence electrons. The third kappa shape index (κ3) is 3.09. The third-order valence-corrected chi connectivity index (χ3v) is 2.83. The minimum absolute atomic E-state index is 0.0377. The smallest absolute Gasteiger partial charge is 0.264 e. The highest BCUT2D eigenvalue weighted by Gasteiger charge is 2.16. The van der Waals surface area contributed by atoms with Gasteiger partial charge in [0.1, 0.15) is 5.78 Å². The number of rotatable bonds is 4. The number of carbonyl (C=O) groups is 1.